The molecule has 3 N–H and O–H groups in total. The zero-order chi connectivity index (χ0) is 12.0. The van der Waals surface area contributed by atoms with E-state index in [2.05, 4.69) is 21.8 Å². The molecule has 0 aliphatic carbocycles. The minimum atomic E-state index is -3.36. The molecule has 0 bridgehead atoms. The van der Waals surface area contributed by atoms with E-state index < -0.39 is 10.0 Å². The number of ether oxygens (including phenoxy) is 1. The van der Waals surface area contributed by atoms with E-state index in [-0.39, 0.29) is 10.7 Å². The smallest absolute Gasteiger partial charge is 0.218 e. The Morgan fingerprint density at radius 1 is 1.44 bits per heavy atom. The highest BCUT2D eigenvalue weighted by atomic mass is 32.2. The van der Waals surface area contributed by atoms with Crippen molar-refractivity contribution in [3.63, 3.8) is 0 Å². The van der Waals surface area contributed by atoms with Gasteiger partial charge in [-0.25, -0.2) is 13.1 Å². The van der Waals surface area contributed by atoms with Crippen LogP contribution in [0.3, 0.4) is 0 Å². The van der Waals surface area contributed by atoms with Crippen LogP contribution in [-0.4, -0.2) is 63.5 Å². The van der Waals surface area contributed by atoms with Gasteiger partial charge in [-0.2, -0.15) is 0 Å². The second kappa shape index (κ2) is 6.45. The lowest BCUT2D eigenvalue weighted by atomic mass is 10.4. The molecule has 8 heteroatoms. The van der Waals surface area contributed by atoms with Gasteiger partial charge < -0.3 is 10.5 Å². The Bertz CT molecular complexity index is 325. The molecule has 0 spiro atoms. The highest BCUT2D eigenvalue weighted by molar-refractivity contribution is 7.92. The largest absolute Gasteiger partial charge is 0.392 e. The summed E-state index contributed by atoms with van der Waals surface area (Å²) in [7, 11) is -3.36. The predicted octanol–water partition coefficient (Wildman–Crippen LogP) is -1.48. The van der Waals surface area contributed by atoms with Crippen LogP contribution in [0.2, 0.25) is 0 Å². The Morgan fingerprint density at radius 3 is 2.62 bits per heavy atom. The van der Waals surface area contributed by atoms with Crippen molar-refractivity contribution in [1.29, 1.82) is 0 Å². The first-order valence-corrected chi connectivity index (χ1v) is 7.11. The average Bonchev–Trinajstić information content (AvgIpc) is 2.16. The summed E-state index contributed by atoms with van der Waals surface area (Å²) < 4.78 is 30.4. The van der Waals surface area contributed by atoms with Crippen molar-refractivity contribution in [3.8, 4) is 0 Å². The minimum absolute atomic E-state index is 0.0149. The SMILES string of the molecule is NC(=S)CS(=O)(=O)NCCN1CCOCC1. The van der Waals surface area contributed by atoms with Crippen LogP contribution in [0.1, 0.15) is 0 Å². The van der Waals surface area contributed by atoms with Crippen molar-refractivity contribution in [2.75, 3.05) is 45.1 Å². The summed E-state index contributed by atoms with van der Waals surface area (Å²) in [4.78, 5) is 2.13. The third kappa shape index (κ3) is 5.71. The molecule has 1 aliphatic heterocycles. The summed E-state index contributed by atoms with van der Waals surface area (Å²) >= 11 is 4.55. The number of thiocarbonyl (C=S) groups is 1. The molecular weight excluding hydrogens is 250 g/mol. The van der Waals surface area contributed by atoms with Gasteiger partial charge >= 0.3 is 0 Å². The van der Waals surface area contributed by atoms with Gasteiger partial charge in [0.1, 0.15) is 5.75 Å². The first-order valence-electron chi connectivity index (χ1n) is 5.05. The lowest BCUT2D eigenvalue weighted by molar-refractivity contribution is 0.0390. The van der Waals surface area contributed by atoms with E-state index in [4.69, 9.17) is 10.5 Å². The molecule has 1 fully saturated rings. The number of rotatable bonds is 6. The van der Waals surface area contributed by atoms with E-state index >= 15 is 0 Å². The number of hydrogen-bond donors (Lipinski definition) is 2. The first kappa shape index (κ1) is 13.8. The number of nitrogens with two attached hydrogens (primary N) is 1. The summed E-state index contributed by atoms with van der Waals surface area (Å²) in [6, 6.07) is 0. The Hall–Kier alpha value is -0.280. The maximum atomic E-state index is 11.4. The van der Waals surface area contributed by atoms with Crippen LogP contribution in [0.25, 0.3) is 0 Å². The normalized spacial score (nSPS) is 18.5. The first-order chi connectivity index (χ1) is 7.49. The van der Waals surface area contributed by atoms with Crippen LogP contribution in [0, 0.1) is 0 Å². The van der Waals surface area contributed by atoms with Gasteiger partial charge in [0.2, 0.25) is 10.0 Å². The van der Waals surface area contributed by atoms with Gasteiger partial charge in [0.15, 0.2) is 0 Å². The van der Waals surface area contributed by atoms with E-state index in [1.807, 2.05) is 0 Å². The number of sulfonamides is 1. The fourth-order valence-electron chi connectivity index (χ4n) is 1.42. The summed E-state index contributed by atoms with van der Waals surface area (Å²) in [6.45, 7) is 4.16. The van der Waals surface area contributed by atoms with Gasteiger partial charge in [0.25, 0.3) is 0 Å². The molecule has 0 atom stereocenters. The van der Waals surface area contributed by atoms with E-state index in [0.717, 1.165) is 13.1 Å². The Morgan fingerprint density at radius 2 is 2.06 bits per heavy atom. The predicted molar refractivity (Wildman–Crippen MR) is 65.8 cm³/mol. The van der Waals surface area contributed by atoms with Crippen LogP contribution >= 0.6 is 12.2 Å². The average molecular weight is 267 g/mol. The standard InChI is InChI=1S/C8H17N3O3S2/c9-8(15)7-16(12,13)10-1-2-11-3-5-14-6-4-11/h10H,1-7H2,(H2,9,15). The van der Waals surface area contributed by atoms with Crippen LogP contribution < -0.4 is 10.5 Å². The molecule has 1 heterocycles. The van der Waals surface area contributed by atoms with Crippen molar-refractivity contribution in [3.05, 3.63) is 0 Å². The summed E-state index contributed by atoms with van der Waals surface area (Å²) in [5, 5.41) is 0. The van der Waals surface area contributed by atoms with Gasteiger partial charge in [-0.05, 0) is 0 Å². The molecule has 94 valence electrons. The number of nitrogens with one attached hydrogen (secondary N) is 1. The molecule has 0 aromatic rings. The molecule has 1 rings (SSSR count). The summed E-state index contributed by atoms with van der Waals surface area (Å²) in [5.74, 6) is -0.286. The van der Waals surface area contributed by atoms with Gasteiger partial charge in [0.05, 0.1) is 18.2 Å². The number of nitrogens with zero attached hydrogens (tertiary/aromatic N) is 1. The van der Waals surface area contributed by atoms with Gasteiger partial charge in [-0.1, -0.05) is 12.2 Å². The molecular formula is C8H17N3O3S2. The van der Waals surface area contributed by atoms with Crippen LogP contribution in [0.15, 0.2) is 0 Å². The van der Waals surface area contributed by atoms with Crippen molar-refractivity contribution >= 4 is 27.2 Å². The van der Waals surface area contributed by atoms with Crippen LogP contribution in [0.5, 0.6) is 0 Å². The molecule has 16 heavy (non-hydrogen) atoms. The lowest BCUT2D eigenvalue weighted by Crippen LogP contribution is -2.42. The molecule has 0 radical (unpaired) electrons. The maximum Gasteiger partial charge on any atom is 0.218 e. The number of morpholine rings is 1. The topological polar surface area (TPSA) is 84.7 Å². The molecule has 0 unspecified atom stereocenters. The fourth-order valence-corrected chi connectivity index (χ4v) is 2.77. The summed E-state index contributed by atoms with van der Waals surface area (Å²) in [6.07, 6.45) is 0. The Kier molecular flexibility index (Phi) is 5.56. The van der Waals surface area contributed by atoms with Crippen molar-refractivity contribution < 1.29 is 13.2 Å². The van der Waals surface area contributed by atoms with Crippen molar-refractivity contribution in [2.24, 2.45) is 5.73 Å². The van der Waals surface area contributed by atoms with E-state index in [1.54, 1.807) is 0 Å². The summed E-state index contributed by atoms with van der Waals surface area (Å²) in [5.41, 5.74) is 5.18. The van der Waals surface area contributed by atoms with Crippen LogP contribution in [-0.2, 0) is 14.8 Å². The molecule has 0 amide bonds. The molecule has 6 nitrogen and oxygen atoms in total. The third-order valence-electron chi connectivity index (χ3n) is 2.19. The zero-order valence-corrected chi connectivity index (χ0v) is 10.6. The van der Waals surface area contributed by atoms with E-state index in [0.29, 0.717) is 26.3 Å². The number of hydrogen-bond acceptors (Lipinski definition) is 5. The monoisotopic (exact) mass is 267 g/mol. The van der Waals surface area contributed by atoms with Gasteiger partial charge in [0, 0.05) is 26.2 Å². The maximum absolute atomic E-state index is 11.4. The van der Waals surface area contributed by atoms with Crippen molar-refractivity contribution in [2.45, 2.75) is 0 Å². The van der Waals surface area contributed by atoms with Crippen molar-refractivity contribution in [1.82, 2.24) is 9.62 Å². The second-order valence-electron chi connectivity index (χ2n) is 3.57. The molecule has 0 aromatic heterocycles. The highest BCUT2D eigenvalue weighted by Gasteiger charge is 2.13. The minimum Gasteiger partial charge on any atom is -0.392 e. The van der Waals surface area contributed by atoms with E-state index in [1.165, 1.54) is 0 Å². The molecule has 0 saturated carbocycles. The fraction of sp³-hybridized carbons (Fsp3) is 0.875. The molecule has 0 aromatic carbocycles. The third-order valence-corrected chi connectivity index (χ3v) is 3.85. The molecule has 1 saturated heterocycles. The Labute approximate surface area is 101 Å². The van der Waals surface area contributed by atoms with Gasteiger partial charge in [-0.15, -0.1) is 0 Å². The van der Waals surface area contributed by atoms with E-state index in [9.17, 15) is 8.42 Å². The Balaban J connectivity index is 2.21. The van der Waals surface area contributed by atoms with Gasteiger partial charge in [-0.3, -0.25) is 4.90 Å². The quantitative estimate of drug-likeness (QED) is 0.571. The van der Waals surface area contributed by atoms with Crippen LogP contribution in [0.4, 0.5) is 0 Å². The lowest BCUT2D eigenvalue weighted by Gasteiger charge is -2.26. The highest BCUT2D eigenvalue weighted by Crippen LogP contribution is 1.95. The molecule has 1 aliphatic rings. The second-order valence-corrected chi connectivity index (χ2v) is 5.90. The zero-order valence-electron chi connectivity index (χ0n) is 9.02.